The smallest absolute Gasteiger partial charge is 0.316 e. The van der Waals surface area contributed by atoms with Gasteiger partial charge in [-0.25, -0.2) is 0 Å². The van der Waals surface area contributed by atoms with E-state index in [1.807, 2.05) is 0 Å². The normalized spacial score (nSPS) is 27.5. The fourth-order valence-electron chi connectivity index (χ4n) is 1.85. The molecule has 0 spiro atoms. The summed E-state index contributed by atoms with van der Waals surface area (Å²) in [6.45, 7) is 2.87. The second-order valence-corrected chi connectivity index (χ2v) is 3.31. The van der Waals surface area contributed by atoms with E-state index in [0.717, 1.165) is 6.54 Å². The zero-order chi connectivity index (χ0) is 9.19. The van der Waals surface area contributed by atoms with Crippen LogP contribution in [0.4, 0.5) is 13.2 Å². The summed E-state index contributed by atoms with van der Waals surface area (Å²) in [5.74, 6) is -1.30. The van der Waals surface area contributed by atoms with Crippen LogP contribution in [0.1, 0.15) is 19.8 Å². The van der Waals surface area contributed by atoms with Gasteiger partial charge >= 0.3 is 6.18 Å². The lowest BCUT2D eigenvalue weighted by Gasteiger charge is -2.23. The SMILES string of the molecule is CCC(C1CCNC1)C(F)(F)F. The molecule has 1 rings (SSSR count). The Morgan fingerprint density at radius 3 is 2.50 bits per heavy atom. The standard InChI is InChI=1S/C8H14F3N/c1-2-7(8(9,10)11)6-3-4-12-5-6/h6-7,12H,2-5H2,1H3. The maximum absolute atomic E-state index is 12.3. The lowest BCUT2D eigenvalue weighted by atomic mass is 9.89. The molecule has 2 atom stereocenters. The lowest BCUT2D eigenvalue weighted by Crippen LogP contribution is -2.31. The van der Waals surface area contributed by atoms with E-state index in [1.165, 1.54) is 0 Å². The first-order valence-electron chi connectivity index (χ1n) is 4.33. The van der Waals surface area contributed by atoms with E-state index in [0.29, 0.717) is 13.0 Å². The summed E-state index contributed by atoms with van der Waals surface area (Å²) in [5, 5.41) is 2.96. The van der Waals surface area contributed by atoms with E-state index in [1.54, 1.807) is 6.92 Å². The van der Waals surface area contributed by atoms with Crippen molar-refractivity contribution in [2.45, 2.75) is 25.9 Å². The van der Waals surface area contributed by atoms with Gasteiger partial charge in [-0.15, -0.1) is 0 Å². The van der Waals surface area contributed by atoms with Crippen LogP contribution in [-0.2, 0) is 0 Å². The Balaban J connectivity index is 2.54. The Morgan fingerprint density at radius 1 is 1.50 bits per heavy atom. The Morgan fingerprint density at radius 2 is 2.17 bits per heavy atom. The second-order valence-electron chi connectivity index (χ2n) is 3.31. The third-order valence-corrected chi connectivity index (χ3v) is 2.53. The molecule has 0 aromatic carbocycles. The van der Waals surface area contributed by atoms with Gasteiger partial charge in [0.15, 0.2) is 0 Å². The van der Waals surface area contributed by atoms with Crippen molar-refractivity contribution in [1.29, 1.82) is 0 Å². The molecule has 0 aromatic heterocycles. The van der Waals surface area contributed by atoms with Crippen LogP contribution < -0.4 is 5.32 Å². The molecule has 4 heteroatoms. The average Bonchev–Trinajstić information content (AvgIpc) is 2.38. The molecule has 0 radical (unpaired) electrons. The van der Waals surface area contributed by atoms with Crippen LogP contribution in [0.3, 0.4) is 0 Å². The van der Waals surface area contributed by atoms with E-state index >= 15 is 0 Å². The van der Waals surface area contributed by atoms with Crippen molar-refractivity contribution in [3.63, 3.8) is 0 Å². The molecule has 12 heavy (non-hydrogen) atoms. The zero-order valence-electron chi connectivity index (χ0n) is 7.12. The highest BCUT2D eigenvalue weighted by molar-refractivity contribution is 4.81. The predicted octanol–water partition coefficient (Wildman–Crippen LogP) is 2.18. The number of hydrogen-bond acceptors (Lipinski definition) is 1. The topological polar surface area (TPSA) is 12.0 Å². The summed E-state index contributed by atoms with van der Waals surface area (Å²) in [7, 11) is 0. The maximum Gasteiger partial charge on any atom is 0.392 e. The molecule has 0 amide bonds. The largest absolute Gasteiger partial charge is 0.392 e. The first-order valence-corrected chi connectivity index (χ1v) is 4.33. The van der Waals surface area contributed by atoms with Gasteiger partial charge in [0.05, 0.1) is 5.92 Å². The molecule has 1 N–H and O–H groups in total. The monoisotopic (exact) mass is 181 g/mol. The van der Waals surface area contributed by atoms with Gasteiger partial charge in [-0.1, -0.05) is 6.92 Å². The predicted molar refractivity (Wildman–Crippen MR) is 40.8 cm³/mol. The summed E-state index contributed by atoms with van der Waals surface area (Å²) in [6, 6.07) is 0. The average molecular weight is 181 g/mol. The summed E-state index contributed by atoms with van der Waals surface area (Å²) in [6.07, 6.45) is -3.14. The van der Waals surface area contributed by atoms with Crippen LogP contribution in [0.15, 0.2) is 0 Å². The quantitative estimate of drug-likeness (QED) is 0.688. The summed E-state index contributed by atoms with van der Waals surface area (Å²) >= 11 is 0. The molecule has 0 aliphatic carbocycles. The van der Waals surface area contributed by atoms with Crippen molar-refractivity contribution in [3.8, 4) is 0 Å². The molecule has 0 bridgehead atoms. The van der Waals surface area contributed by atoms with Gasteiger partial charge in [-0.2, -0.15) is 13.2 Å². The van der Waals surface area contributed by atoms with Crippen molar-refractivity contribution in [3.05, 3.63) is 0 Å². The summed E-state index contributed by atoms with van der Waals surface area (Å²) < 4.78 is 37.0. The highest BCUT2D eigenvalue weighted by Gasteiger charge is 2.43. The Bertz CT molecular complexity index is 138. The van der Waals surface area contributed by atoms with Gasteiger partial charge in [0, 0.05) is 0 Å². The van der Waals surface area contributed by atoms with Gasteiger partial charge in [-0.05, 0) is 31.8 Å². The van der Waals surface area contributed by atoms with E-state index in [4.69, 9.17) is 0 Å². The number of halogens is 3. The minimum Gasteiger partial charge on any atom is -0.316 e. The van der Waals surface area contributed by atoms with Crippen LogP contribution in [-0.4, -0.2) is 19.3 Å². The van der Waals surface area contributed by atoms with E-state index in [-0.39, 0.29) is 12.3 Å². The van der Waals surface area contributed by atoms with Crippen LogP contribution in [0, 0.1) is 11.8 Å². The highest BCUT2D eigenvalue weighted by atomic mass is 19.4. The molecule has 0 aromatic rings. The molecule has 1 fully saturated rings. The van der Waals surface area contributed by atoms with Crippen LogP contribution in [0.2, 0.25) is 0 Å². The van der Waals surface area contributed by atoms with E-state index in [2.05, 4.69) is 5.32 Å². The van der Waals surface area contributed by atoms with Crippen molar-refractivity contribution in [2.75, 3.05) is 13.1 Å². The van der Waals surface area contributed by atoms with Crippen molar-refractivity contribution in [2.24, 2.45) is 11.8 Å². The molecule has 1 nitrogen and oxygen atoms in total. The highest BCUT2D eigenvalue weighted by Crippen LogP contribution is 2.36. The van der Waals surface area contributed by atoms with Crippen molar-refractivity contribution < 1.29 is 13.2 Å². The van der Waals surface area contributed by atoms with Gasteiger partial charge in [0.1, 0.15) is 0 Å². The van der Waals surface area contributed by atoms with Gasteiger partial charge in [-0.3, -0.25) is 0 Å². The lowest BCUT2D eigenvalue weighted by molar-refractivity contribution is -0.187. The second kappa shape index (κ2) is 3.64. The van der Waals surface area contributed by atoms with Gasteiger partial charge in [0.2, 0.25) is 0 Å². The minimum absolute atomic E-state index is 0.199. The van der Waals surface area contributed by atoms with Gasteiger partial charge in [0.25, 0.3) is 0 Å². The van der Waals surface area contributed by atoms with Crippen LogP contribution in [0.5, 0.6) is 0 Å². The first kappa shape index (κ1) is 9.84. The van der Waals surface area contributed by atoms with Gasteiger partial charge < -0.3 is 5.32 Å². The molecule has 1 heterocycles. The zero-order valence-corrected chi connectivity index (χ0v) is 7.12. The molecule has 0 saturated carbocycles. The Hall–Kier alpha value is -0.250. The molecular formula is C8H14F3N. The Kier molecular flexibility index (Phi) is 2.99. The number of hydrogen-bond donors (Lipinski definition) is 1. The third-order valence-electron chi connectivity index (χ3n) is 2.53. The number of alkyl halides is 3. The van der Waals surface area contributed by atoms with E-state index < -0.39 is 12.1 Å². The molecular weight excluding hydrogens is 167 g/mol. The minimum atomic E-state index is -4.01. The molecule has 1 aliphatic rings. The van der Waals surface area contributed by atoms with E-state index in [9.17, 15) is 13.2 Å². The molecule has 2 unspecified atom stereocenters. The first-order chi connectivity index (χ1) is 5.55. The van der Waals surface area contributed by atoms with Crippen molar-refractivity contribution in [1.82, 2.24) is 5.32 Å². The molecule has 1 aliphatic heterocycles. The summed E-state index contributed by atoms with van der Waals surface area (Å²) in [4.78, 5) is 0. The third kappa shape index (κ3) is 2.12. The fraction of sp³-hybridized carbons (Fsp3) is 1.00. The molecule has 1 saturated heterocycles. The number of nitrogens with one attached hydrogen (secondary N) is 1. The fourth-order valence-corrected chi connectivity index (χ4v) is 1.85. The maximum atomic E-state index is 12.3. The molecule has 72 valence electrons. The van der Waals surface area contributed by atoms with Crippen LogP contribution in [0.25, 0.3) is 0 Å². The Labute approximate surface area is 70.3 Å². The number of rotatable bonds is 2. The van der Waals surface area contributed by atoms with Crippen molar-refractivity contribution >= 4 is 0 Å². The summed E-state index contributed by atoms with van der Waals surface area (Å²) in [5.41, 5.74) is 0. The van der Waals surface area contributed by atoms with Crippen LogP contribution >= 0.6 is 0 Å².